The fourth-order valence-electron chi connectivity index (χ4n) is 1.12. The number of halogens is 3. The van der Waals surface area contributed by atoms with Crippen LogP contribution in [0.2, 0.25) is 0 Å². The zero-order valence-corrected chi connectivity index (χ0v) is 10.1. The summed E-state index contributed by atoms with van der Waals surface area (Å²) in [5.74, 6) is -0.389. The van der Waals surface area contributed by atoms with Crippen LogP contribution in [0.15, 0.2) is 16.6 Å². The third-order valence-electron chi connectivity index (χ3n) is 1.65. The van der Waals surface area contributed by atoms with Crippen molar-refractivity contribution in [3.05, 3.63) is 33.5 Å². The predicted octanol–water partition coefficient (Wildman–Crippen LogP) is 3.47. The topological polar surface area (TPSA) is 17.1 Å². The Morgan fingerprint density at radius 1 is 1.54 bits per heavy atom. The summed E-state index contributed by atoms with van der Waals surface area (Å²) in [5.41, 5.74) is 1.19. The number of aryl methyl sites for hydroxylation is 1. The van der Waals surface area contributed by atoms with E-state index >= 15 is 0 Å². The molecule has 0 amide bonds. The summed E-state index contributed by atoms with van der Waals surface area (Å²) in [6.07, 6.45) is 0. The van der Waals surface area contributed by atoms with Gasteiger partial charge >= 0.3 is 0 Å². The van der Waals surface area contributed by atoms with Crippen molar-refractivity contribution in [1.82, 2.24) is 0 Å². The molecule has 4 heteroatoms. The molecule has 0 saturated carbocycles. The van der Waals surface area contributed by atoms with E-state index in [0.29, 0.717) is 15.6 Å². The lowest BCUT2D eigenvalue weighted by atomic mass is 10.1. The highest BCUT2D eigenvalue weighted by Gasteiger charge is 2.12. The smallest absolute Gasteiger partial charge is 0.174 e. The van der Waals surface area contributed by atoms with E-state index in [1.807, 2.05) is 0 Å². The molecular formula is C9H7Br2FO. The molecule has 13 heavy (non-hydrogen) atoms. The molecule has 1 aromatic carbocycles. The molecule has 0 bridgehead atoms. The Balaban J connectivity index is 3.28. The van der Waals surface area contributed by atoms with Crippen molar-refractivity contribution in [1.29, 1.82) is 0 Å². The van der Waals surface area contributed by atoms with Crippen LogP contribution >= 0.6 is 31.9 Å². The summed E-state index contributed by atoms with van der Waals surface area (Å²) < 4.78 is 13.3. The molecule has 70 valence electrons. The van der Waals surface area contributed by atoms with Gasteiger partial charge in [-0.05, 0) is 40.5 Å². The van der Waals surface area contributed by atoms with Crippen LogP contribution in [0, 0.1) is 12.7 Å². The molecule has 0 atom stereocenters. The zero-order chi connectivity index (χ0) is 10.0. The monoisotopic (exact) mass is 308 g/mol. The number of Topliss-reactive ketones (excluding diaryl/α,β-unsaturated/α-hetero) is 1. The number of rotatable bonds is 2. The molecule has 1 nitrogen and oxygen atoms in total. The molecule has 0 heterocycles. The summed E-state index contributed by atoms with van der Waals surface area (Å²) in [6, 6.07) is 2.64. The molecule has 0 fully saturated rings. The number of ketones is 1. The van der Waals surface area contributed by atoms with Gasteiger partial charge in [0.15, 0.2) is 5.78 Å². The van der Waals surface area contributed by atoms with Crippen LogP contribution in [0.3, 0.4) is 0 Å². The zero-order valence-electron chi connectivity index (χ0n) is 6.90. The lowest BCUT2D eigenvalue weighted by molar-refractivity contribution is 0.102. The molecule has 1 aromatic rings. The largest absolute Gasteiger partial charge is 0.293 e. The summed E-state index contributed by atoms with van der Waals surface area (Å²) in [6.45, 7) is 1.71. The minimum absolute atomic E-state index is 0.0515. The van der Waals surface area contributed by atoms with E-state index in [-0.39, 0.29) is 16.9 Å². The van der Waals surface area contributed by atoms with E-state index in [9.17, 15) is 9.18 Å². The first kappa shape index (κ1) is 10.9. The standard InChI is InChI=1S/C9H7Br2FO/c1-5-2-6(12)3-7(11)9(5)8(13)4-10/h2-3H,4H2,1H3. The molecule has 1 rings (SSSR count). The maximum absolute atomic E-state index is 12.8. The van der Waals surface area contributed by atoms with Crippen molar-refractivity contribution < 1.29 is 9.18 Å². The number of hydrogen-bond acceptors (Lipinski definition) is 1. The summed E-state index contributed by atoms with van der Waals surface area (Å²) in [7, 11) is 0. The first-order valence-corrected chi connectivity index (χ1v) is 5.52. The minimum Gasteiger partial charge on any atom is -0.293 e. The Labute approximate surface area is 92.6 Å². The average molecular weight is 310 g/mol. The number of alkyl halides is 1. The van der Waals surface area contributed by atoms with Crippen molar-refractivity contribution >= 4 is 37.6 Å². The van der Waals surface area contributed by atoms with Crippen LogP contribution in [0.1, 0.15) is 15.9 Å². The van der Waals surface area contributed by atoms with Crippen molar-refractivity contribution in [2.24, 2.45) is 0 Å². The molecule has 0 aromatic heterocycles. The lowest BCUT2D eigenvalue weighted by Crippen LogP contribution is -2.04. The lowest BCUT2D eigenvalue weighted by Gasteiger charge is -2.05. The molecule has 0 aliphatic heterocycles. The maximum Gasteiger partial charge on any atom is 0.174 e. The van der Waals surface area contributed by atoms with Gasteiger partial charge < -0.3 is 0 Å². The quantitative estimate of drug-likeness (QED) is 0.604. The first-order valence-electron chi connectivity index (χ1n) is 3.61. The van der Waals surface area contributed by atoms with E-state index in [1.54, 1.807) is 6.92 Å². The van der Waals surface area contributed by atoms with Crippen molar-refractivity contribution in [3.8, 4) is 0 Å². The Bertz CT molecular complexity index is 326. The third-order valence-corrected chi connectivity index (χ3v) is 2.79. The van der Waals surface area contributed by atoms with Gasteiger partial charge in [-0.25, -0.2) is 4.39 Å². The molecule has 0 radical (unpaired) electrons. The second kappa shape index (κ2) is 4.33. The molecular weight excluding hydrogens is 303 g/mol. The fraction of sp³-hybridized carbons (Fsp3) is 0.222. The van der Waals surface area contributed by atoms with Crippen LogP contribution in [-0.4, -0.2) is 11.1 Å². The summed E-state index contributed by atoms with van der Waals surface area (Å²) >= 11 is 6.23. The molecule has 0 saturated heterocycles. The van der Waals surface area contributed by atoms with Gasteiger partial charge in [-0.1, -0.05) is 15.9 Å². The van der Waals surface area contributed by atoms with Crippen LogP contribution in [0.5, 0.6) is 0 Å². The van der Waals surface area contributed by atoms with E-state index in [2.05, 4.69) is 31.9 Å². The molecule has 0 spiro atoms. The Kier molecular flexibility index (Phi) is 3.62. The van der Waals surface area contributed by atoms with Crippen molar-refractivity contribution in [3.63, 3.8) is 0 Å². The third kappa shape index (κ3) is 2.38. The van der Waals surface area contributed by atoms with E-state index in [1.165, 1.54) is 12.1 Å². The van der Waals surface area contributed by atoms with Gasteiger partial charge in [0, 0.05) is 10.0 Å². The van der Waals surface area contributed by atoms with Gasteiger partial charge in [-0.2, -0.15) is 0 Å². The second-order valence-electron chi connectivity index (χ2n) is 2.64. The van der Waals surface area contributed by atoms with Gasteiger partial charge in [-0.15, -0.1) is 0 Å². The Morgan fingerprint density at radius 2 is 2.15 bits per heavy atom. The highest BCUT2D eigenvalue weighted by Crippen LogP contribution is 2.23. The number of carbonyl (C=O) groups excluding carboxylic acids is 1. The highest BCUT2D eigenvalue weighted by atomic mass is 79.9. The first-order chi connectivity index (χ1) is 6.06. The summed E-state index contributed by atoms with van der Waals surface area (Å²) in [5, 5.41) is 0.248. The molecule has 0 unspecified atom stereocenters. The second-order valence-corrected chi connectivity index (χ2v) is 4.05. The van der Waals surface area contributed by atoms with Crippen LogP contribution in [0.25, 0.3) is 0 Å². The number of hydrogen-bond donors (Lipinski definition) is 0. The predicted molar refractivity (Wildman–Crippen MR) is 57.0 cm³/mol. The normalized spacial score (nSPS) is 10.2. The van der Waals surface area contributed by atoms with Gasteiger partial charge in [0.1, 0.15) is 5.82 Å². The summed E-state index contributed by atoms with van der Waals surface area (Å²) in [4.78, 5) is 11.4. The molecule has 0 aliphatic rings. The molecule has 0 aliphatic carbocycles. The fourth-order valence-corrected chi connectivity index (χ4v) is 2.16. The van der Waals surface area contributed by atoms with Crippen molar-refractivity contribution in [2.45, 2.75) is 6.92 Å². The van der Waals surface area contributed by atoms with Crippen molar-refractivity contribution in [2.75, 3.05) is 5.33 Å². The van der Waals surface area contributed by atoms with Gasteiger partial charge in [-0.3, -0.25) is 4.79 Å². The van der Waals surface area contributed by atoms with E-state index in [0.717, 1.165) is 0 Å². The SMILES string of the molecule is Cc1cc(F)cc(Br)c1C(=O)CBr. The van der Waals surface area contributed by atoms with Crippen LogP contribution in [0.4, 0.5) is 4.39 Å². The van der Waals surface area contributed by atoms with Crippen LogP contribution in [-0.2, 0) is 0 Å². The maximum atomic E-state index is 12.8. The number of carbonyl (C=O) groups is 1. The van der Waals surface area contributed by atoms with Crippen LogP contribution < -0.4 is 0 Å². The highest BCUT2D eigenvalue weighted by molar-refractivity contribution is 9.10. The van der Waals surface area contributed by atoms with E-state index in [4.69, 9.17) is 0 Å². The Morgan fingerprint density at radius 3 is 2.62 bits per heavy atom. The van der Waals surface area contributed by atoms with Gasteiger partial charge in [0.2, 0.25) is 0 Å². The molecule has 0 N–H and O–H groups in total. The van der Waals surface area contributed by atoms with Gasteiger partial charge in [0.05, 0.1) is 5.33 Å². The number of benzene rings is 1. The Hall–Kier alpha value is -0.220. The van der Waals surface area contributed by atoms with E-state index < -0.39 is 0 Å². The average Bonchev–Trinajstić information content (AvgIpc) is 2.02. The van der Waals surface area contributed by atoms with Gasteiger partial charge in [0.25, 0.3) is 0 Å². The minimum atomic E-state index is -0.338.